The van der Waals surface area contributed by atoms with Gasteiger partial charge in [0.1, 0.15) is 6.04 Å². The third-order valence-corrected chi connectivity index (χ3v) is 3.59. The van der Waals surface area contributed by atoms with Gasteiger partial charge in [0.05, 0.1) is 13.5 Å². The minimum absolute atomic E-state index is 0.137. The number of carbonyl (C=O) groups excluding carboxylic acids is 2. The highest BCUT2D eigenvalue weighted by Crippen LogP contribution is 2.33. The Bertz CT molecular complexity index is 454. The topological polar surface area (TPSA) is 55.4 Å². The quantitative estimate of drug-likeness (QED) is 0.775. The van der Waals surface area contributed by atoms with Crippen LogP contribution in [0.4, 0.5) is 0 Å². The van der Waals surface area contributed by atoms with Crippen LogP contribution in [0, 0.1) is 5.92 Å². The Morgan fingerprint density at radius 2 is 2.00 bits per heavy atom. The minimum atomic E-state index is -0.517. The molecule has 1 amide bonds. The molecule has 0 aliphatic heterocycles. The first-order valence-corrected chi connectivity index (χ1v) is 7.10. The van der Waals surface area contributed by atoms with Crippen LogP contribution in [0.1, 0.15) is 31.2 Å². The van der Waals surface area contributed by atoms with Crippen molar-refractivity contribution >= 4 is 11.9 Å². The second-order valence-electron chi connectivity index (χ2n) is 5.33. The van der Waals surface area contributed by atoms with E-state index >= 15 is 0 Å². The molecule has 1 unspecified atom stereocenters. The van der Waals surface area contributed by atoms with Crippen molar-refractivity contribution in [1.29, 1.82) is 0 Å². The largest absolute Gasteiger partial charge is 0.467 e. The molecule has 0 bridgehead atoms. The maximum atomic E-state index is 12.0. The third kappa shape index (κ3) is 4.68. The number of ether oxygens (including phenoxy) is 1. The first-order chi connectivity index (χ1) is 9.69. The van der Waals surface area contributed by atoms with Gasteiger partial charge in [-0.1, -0.05) is 43.2 Å². The van der Waals surface area contributed by atoms with Gasteiger partial charge in [0, 0.05) is 0 Å². The van der Waals surface area contributed by atoms with Gasteiger partial charge in [-0.3, -0.25) is 4.79 Å². The van der Waals surface area contributed by atoms with Gasteiger partial charge in [-0.15, -0.1) is 0 Å². The fourth-order valence-electron chi connectivity index (χ4n) is 2.23. The Labute approximate surface area is 119 Å². The predicted molar refractivity (Wildman–Crippen MR) is 76.1 cm³/mol. The number of nitrogens with one attached hydrogen (secondary N) is 1. The molecule has 1 aliphatic carbocycles. The first kappa shape index (κ1) is 14.6. The summed E-state index contributed by atoms with van der Waals surface area (Å²) in [6.07, 6.45) is 4.42. The summed E-state index contributed by atoms with van der Waals surface area (Å²) in [4.78, 5) is 23.7. The van der Waals surface area contributed by atoms with Crippen LogP contribution in [-0.2, 0) is 20.7 Å². The molecule has 0 spiro atoms. The van der Waals surface area contributed by atoms with Gasteiger partial charge in [0.2, 0.25) is 5.91 Å². The van der Waals surface area contributed by atoms with E-state index in [9.17, 15) is 9.59 Å². The Kier molecular flexibility index (Phi) is 5.16. The van der Waals surface area contributed by atoms with E-state index in [2.05, 4.69) is 5.32 Å². The van der Waals surface area contributed by atoms with Gasteiger partial charge in [-0.25, -0.2) is 4.79 Å². The second-order valence-corrected chi connectivity index (χ2v) is 5.33. The SMILES string of the molecule is COC(=O)C(CCC1CC1)NC(=O)Cc1ccccc1. The molecule has 0 saturated heterocycles. The average Bonchev–Trinajstić information content (AvgIpc) is 3.27. The molecule has 1 aliphatic rings. The Morgan fingerprint density at radius 1 is 1.30 bits per heavy atom. The molecule has 1 aromatic carbocycles. The molecule has 1 fully saturated rings. The Morgan fingerprint density at radius 3 is 2.60 bits per heavy atom. The van der Waals surface area contributed by atoms with Crippen molar-refractivity contribution in [3.8, 4) is 0 Å². The zero-order valence-electron chi connectivity index (χ0n) is 11.8. The fraction of sp³-hybridized carbons (Fsp3) is 0.500. The molecule has 0 heterocycles. The van der Waals surface area contributed by atoms with Crippen LogP contribution >= 0.6 is 0 Å². The summed E-state index contributed by atoms with van der Waals surface area (Å²) in [5.74, 6) is 0.239. The molecule has 4 heteroatoms. The van der Waals surface area contributed by atoms with Gasteiger partial charge >= 0.3 is 5.97 Å². The maximum absolute atomic E-state index is 12.0. The van der Waals surface area contributed by atoms with Crippen molar-refractivity contribution in [2.45, 2.75) is 38.1 Å². The van der Waals surface area contributed by atoms with E-state index in [0.29, 0.717) is 6.42 Å². The highest BCUT2D eigenvalue weighted by Gasteiger charge is 2.26. The third-order valence-electron chi connectivity index (χ3n) is 3.59. The van der Waals surface area contributed by atoms with Crippen molar-refractivity contribution < 1.29 is 14.3 Å². The number of hydrogen-bond donors (Lipinski definition) is 1. The summed E-state index contributed by atoms with van der Waals surface area (Å²) < 4.78 is 4.76. The van der Waals surface area contributed by atoms with Crippen molar-refractivity contribution in [3.63, 3.8) is 0 Å². The number of benzene rings is 1. The number of hydrogen-bond acceptors (Lipinski definition) is 3. The molecule has 108 valence electrons. The number of carbonyl (C=O) groups is 2. The lowest BCUT2D eigenvalue weighted by atomic mass is 10.1. The summed E-state index contributed by atoms with van der Waals surface area (Å²) in [5.41, 5.74) is 0.941. The average molecular weight is 275 g/mol. The molecule has 20 heavy (non-hydrogen) atoms. The summed E-state index contributed by atoms with van der Waals surface area (Å²) in [7, 11) is 1.36. The van der Waals surface area contributed by atoms with E-state index in [1.165, 1.54) is 20.0 Å². The molecule has 1 atom stereocenters. The van der Waals surface area contributed by atoms with Gasteiger partial charge in [0.25, 0.3) is 0 Å². The molecule has 1 N–H and O–H groups in total. The van der Waals surface area contributed by atoms with E-state index in [-0.39, 0.29) is 18.3 Å². The molecule has 4 nitrogen and oxygen atoms in total. The highest BCUT2D eigenvalue weighted by atomic mass is 16.5. The van der Waals surface area contributed by atoms with Crippen molar-refractivity contribution in [3.05, 3.63) is 35.9 Å². The molecule has 1 saturated carbocycles. The lowest BCUT2D eigenvalue weighted by molar-refractivity contribution is -0.145. The molecular formula is C16H21NO3. The van der Waals surface area contributed by atoms with E-state index in [1.807, 2.05) is 30.3 Å². The number of esters is 1. The Balaban J connectivity index is 1.85. The van der Waals surface area contributed by atoms with Crippen molar-refractivity contribution in [2.75, 3.05) is 7.11 Å². The standard InChI is InChI=1S/C16H21NO3/c1-20-16(19)14(10-9-12-7-8-12)17-15(18)11-13-5-3-2-4-6-13/h2-6,12,14H,7-11H2,1H3,(H,17,18). The molecule has 2 rings (SSSR count). The number of methoxy groups -OCH3 is 1. The van der Waals surface area contributed by atoms with Gasteiger partial charge in [-0.2, -0.15) is 0 Å². The summed E-state index contributed by atoms with van der Waals surface area (Å²) in [5, 5.41) is 2.79. The van der Waals surface area contributed by atoms with Crippen molar-refractivity contribution in [2.24, 2.45) is 5.92 Å². The van der Waals surface area contributed by atoms with Crippen LogP contribution in [0.5, 0.6) is 0 Å². The summed E-state index contributed by atoms with van der Waals surface area (Å²) in [6, 6.07) is 8.99. The first-order valence-electron chi connectivity index (χ1n) is 7.10. The van der Waals surface area contributed by atoms with E-state index in [1.54, 1.807) is 0 Å². The van der Waals surface area contributed by atoms with E-state index < -0.39 is 6.04 Å². The van der Waals surface area contributed by atoms with Crippen LogP contribution in [-0.4, -0.2) is 25.0 Å². The molecular weight excluding hydrogens is 254 g/mol. The molecule has 0 aromatic heterocycles. The number of amides is 1. The second kappa shape index (κ2) is 7.08. The Hall–Kier alpha value is -1.84. The van der Waals surface area contributed by atoms with Gasteiger partial charge in [-0.05, 0) is 24.3 Å². The minimum Gasteiger partial charge on any atom is -0.467 e. The van der Waals surface area contributed by atoms with Crippen LogP contribution in [0.3, 0.4) is 0 Å². The van der Waals surface area contributed by atoms with Crippen LogP contribution in [0.25, 0.3) is 0 Å². The number of rotatable bonds is 7. The van der Waals surface area contributed by atoms with Crippen molar-refractivity contribution in [1.82, 2.24) is 5.32 Å². The molecule has 0 radical (unpaired) electrons. The smallest absolute Gasteiger partial charge is 0.328 e. The fourth-order valence-corrected chi connectivity index (χ4v) is 2.23. The van der Waals surface area contributed by atoms with Crippen LogP contribution in [0.15, 0.2) is 30.3 Å². The van der Waals surface area contributed by atoms with Gasteiger partial charge < -0.3 is 10.1 Å². The van der Waals surface area contributed by atoms with Crippen LogP contribution < -0.4 is 5.32 Å². The van der Waals surface area contributed by atoms with E-state index in [4.69, 9.17) is 4.74 Å². The highest BCUT2D eigenvalue weighted by molar-refractivity contribution is 5.85. The maximum Gasteiger partial charge on any atom is 0.328 e. The summed E-state index contributed by atoms with van der Waals surface area (Å²) >= 11 is 0. The zero-order valence-corrected chi connectivity index (χ0v) is 11.8. The van der Waals surface area contributed by atoms with Gasteiger partial charge in [0.15, 0.2) is 0 Å². The normalized spacial score (nSPS) is 15.4. The molecule has 1 aromatic rings. The predicted octanol–water partition coefficient (Wildman–Crippen LogP) is 2.08. The summed E-state index contributed by atoms with van der Waals surface area (Å²) in [6.45, 7) is 0. The zero-order chi connectivity index (χ0) is 14.4. The lowest BCUT2D eigenvalue weighted by Crippen LogP contribution is -2.42. The lowest BCUT2D eigenvalue weighted by Gasteiger charge is -2.16. The van der Waals surface area contributed by atoms with E-state index in [0.717, 1.165) is 17.9 Å². The monoisotopic (exact) mass is 275 g/mol. The van der Waals surface area contributed by atoms with Crippen LogP contribution in [0.2, 0.25) is 0 Å².